The number of aliphatic hydroxyl groups is 1. The molecule has 1 N–H and O–H groups in total. The van der Waals surface area contributed by atoms with Gasteiger partial charge < -0.3 is 14.6 Å². The van der Waals surface area contributed by atoms with Crippen molar-refractivity contribution in [3.63, 3.8) is 0 Å². The van der Waals surface area contributed by atoms with Crippen LogP contribution in [0.4, 0.5) is 5.69 Å². The minimum atomic E-state index is -0.884. The summed E-state index contributed by atoms with van der Waals surface area (Å²) < 4.78 is 11.5. The van der Waals surface area contributed by atoms with Crippen LogP contribution >= 0.6 is 0 Å². The predicted molar refractivity (Wildman–Crippen MR) is 138 cm³/mol. The molecule has 3 aromatic rings. The van der Waals surface area contributed by atoms with E-state index in [1.54, 1.807) is 54.6 Å². The maximum Gasteiger partial charge on any atom is 0.300 e. The Kier molecular flexibility index (Phi) is 6.65. The van der Waals surface area contributed by atoms with Crippen LogP contribution in [0.15, 0.2) is 72.3 Å². The molecule has 0 saturated carbocycles. The van der Waals surface area contributed by atoms with E-state index in [-0.39, 0.29) is 11.3 Å². The first-order valence-corrected chi connectivity index (χ1v) is 12.3. The largest absolute Gasteiger partial charge is 0.507 e. The lowest BCUT2D eigenvalue weighted by Gasteiger charge is -2.26. The molecule has 1 atom stereocenters. The molecule has 1 fully saturated rings. The van der Waals surface area contributed by atoms with Crippen LogP contribution in [0, 0.1) is 11.3 Å². The molecule has 2 heterocycles. The van der Waals surface area contributed by atoms with Crippen LogP contribution in [0.5, 0.6) is 11.5 Å². The monoisotopic (exact) mass is 494 g/mol. The SMILES string of the molecule is CCCOc1cccc(C2/C(=C(/O)c3ccc4c(c3)CCCO4)C(=O)C(=O)N2c2ccc(C#N)cc2)c1. The Morgan fingerprint density at radius 1 is 1.14 bits per heavy atom. The molecule has 7 heteroatoms. The molecule has 1 unspecified atom stereocenters. The third kappa shape index (κ3) is 4.54. The molecule has 2 aliphatic heterocycles. The van der Waals surface area contributed by atoms with Gasteiger partial charge in [-0.05, 0) is 85.0 Å². The van der Waals surface area contributed by atoms with Gasteiger partial charge in [0.1, 0.15) is 17.3 Å². The number of carbonyl (C=O) groups excluding carboxylic acids is 2. The lowest BCUT2D eigenvalue weighted by atomic mass is 9.93. The molecule has 7 nitrogen and oxygen atoms in total. The molecular formula is C30H26N2O5. The Morgan fingerprint density at radius 3 is 2.70 bits per heavy atom. The molecule has 0 aromatic heterocycles. The van der Waals surface area contributed by atoms with Crippen molar-refractivity contribution >= 4 is 23.1 Å². The number of amides is 1. The first-order chi connectivity index (χ1) is 18.0. The van der Waals surface area contributed by atoms with Gasteiger partial charge in [-0.3, -0.25) is 14.5 Å². The number of benzene rings is 3. The van der Waals surface area contributed by atoms with Crippen molar-refractivity contribution < 1.29 is 24.2 Å². The van der Waals surface area contributed by atoms with Gasteiger partial charge in [0, 0.05) is 11.3 Å². The standard InChI is InChI=1S/C30H26N2O5/c1-2-14-36-24-7-3-5-21(17-24)27-26(28(33)22-10-13-25-20(16-22)6-4-15-37-25)29(34)30(35)32(27)23-11-8-19(18-31)9-12-23/h3,5,7-13,16-17,27,33H,2,4,6,14-15H2,1H3/b28-26-. The van der Waals surface area contributed by atoms with Gasteiger partial charge in [-0.25, -0.2) is 0 Å². The van der Waals surface area contributed by atoms with Crippen LogP contribution < -0.4 is 14.4 Å². The van der Waals surface area contributed by atoms with Crippen molar-refractivity contribution in [3.05, 3.63) is 94.6 Å². The molecule has 186 valence electrons. The zero-order valence-electron chi connectivity index (χ0n) is 20.4. The average molecular weight is 495 g/mol. The minimum absolute atomic E-state index is 0.00122. The fourth-order valence-electron chi connectivity index (χ4n) is 4.77. The average Bonchev–Trinajstić information content (AvgIpc) is 3.21. The van der Waals surface area contributed by atoms with Crippen LogP contribution in [0.25, 0.3) is 5.76 Å². The van der Waals surface area contributed by atoms with Crippen molar-refractivity contribution in [2.75, 3.05) is 18.1 Å². The fraction of sp³-hybridized carbons (Fsp3) is 0.233. The Morgan fingerprint density at radius 2 is 1.95 bits per heavy atom. The summed E-state index contributed by atoms with van der Waals surface area (Å²) >= 11 is 0. The highest BCUT2D eigenvalue weighted by Gasteiger charge is 2.47. The number of nitriles is 1. The van der Waals surface area contributed by atoms with E-state index < -0.39 is 17.7 Å². The van der Waals surface area contributed by atoms with E-state index in [0.29, 0.717) is 41.3 Å². The molecule has 1 amide bonds. The zero-order chi connectivity index (χ0) is 25.9. The van der Waals surface area contributed by atoms with Gasteiger partial charge in [-0.15, -0.1) is 0 Å². The quantitative estimate of drug-likeness (QED) is 0.284. The minimum Gasteiger partial charge on any atom is -0.507 e. The topological polar surface area (TPSA) is 99.9 Å². The smallest absolute Gasteiger partial charge is 0.300 e. The van der Waals surface area contributed by atoms with E-state index in [1.165, 1.54) is 4.90 Å². The zero-order valence-corrected chi connectivity index (χ0v) is 20.4. The number of ether oxygens (including phenoxy) is 2. The number of fused-ring (bicyclic) bond motifs is 1. The van der Waals surface area contributed by atoms with E-state index in [0.717, 1.165) is 30.6 Å². The molecule has 0 spiro atoms. The Hall–Kier alpha value is -4.57. The summed E-state index contributed by atoms with van der Waals surface area (Å²) in [5.74, 6) is -0.403. The van der Waals surface area contributed by atoms with Crippen LogP contribution in [-0.2, 0) is 16.0 Å². The molecule has 37 heavy (non-hydrogen) atoms. The molecule has 2 aliphatic rings. The van der Waals surface area contributed by atoms with Gasteiger partial charge in [-0.1, -0.05) is 19.1 Å². The first kappa shape index (κ1) is 24.1. The number of Topliss-reactive ketones (excluding diaryl/α,β-unsaturated/α-hetero) is 1. The highest BCUT2D eigenvalue weighted by Crippen LogP contribution is 2.43. The predicted octanol–water partition coefficient (Wildman–Crippen LogP) is 5.30. The number of anilines is 1. The molecule has 1 saturated heterocycles. The third-order valence-corrected chi connectivity index (χ3v) is 6.55. The molecular weight excluding hydrogens is 468 g/mol. The van der Waals surface area contributed by atoms with E-state index in [1.807, 2.05) is 19.1 Å². The van der Waals surface area contributed by atoms with Crippen molar-refractivity contribution in [3.8, 4) is 17.6 Å². The highest BCUT2D eigenvalue weighted by molar-refractivity contribution is 6.51. The maximum absolute atomic E-state index is 13.4. The Labute approximate surface area is 215 Å². The number of carbonyl (C=O) groups is 2. The van der Waals surface area contributed by atoms with E-state index in [9.17, 15) is 20.0 Å². The number of aryl methyl sites for hydroxylation is 1. The van der Waals surface area contributed by atoms with E-state index in [2.05, 4.69) is 6.07 Å². The van der Waals surface area contributed by atoms with Crippen LogP contribution in [0.3, 0.4) is 0 Å². The summed E-state index contributed by atoms with van der Waals surface area (Å²) in [6.07, 6.45) is 2.50. The second-order valence-corrected chi connectivity index (χ2v) is 9.02. The Bertz CT molecular complexity index is 1440. The van der Waals surface area contributed by atoms with Crippen molar-refractivity contribution in [2.24, 2.45) is 0 Å². The Balaban J connectivity index is 1.67. The summed E-state index contributed by atoms with van der Waals surface area (Å²) in [5, 5.41) is 20.7. The normalized spacial score (nSPS) is 18.2. The summed E-state index contributed by atoms with van der Waals surface area (Å²) in [5.41, 5.74) is 2.90. The van der Waals surface area contributed by atoms with Gasteiger partial charge in [0.25, 0.3) is 11.7 Å². The third-order valence-electron chi connectivity index (χ3n) is 6.55. The van der Waals surface area contributed by atoms with E-state index >= 15 is 0 Å². The second-order valence-electron chi connectivity index (χ2n) is 9.02. The fourth-order valence-corrected chi connectivity index (χ4v) is 4.77. The van der Waals surface area contributed by atoms with Gasteiger partial charge >= 0.3 is 0 Å². The number of aliphatic hydroxyl groups excluding tert-OH is 1. The van der Waals surface area contributed by atoms with Crippen LogP contribution in [0.2, 0.25) is 0 Å². The molecule has 0 bridgehead atoms. The molecule has 0 radical (unpaired) electrons. The van der Waals surface area contributed by atoms with Crippen molar-refractivity contribution in [1.29, 1.82) is 5.26 Å². The summed E-state index contributed by atoms with van der Waals surface area (Å²) in [7, 11) is 0. The maximum atomic E-state index is 13.4. The molecule has 3 aromatic carbocycles. The first-order valence-electron chi connectivity index (χ1n) is 12.3. The number of rotatable bonds is 6. The van der Waals surface area contributed by atoms with Gasteiger partial charge in [0.2, 0.25) is 0 Å². The number of nitrogens with zero attached hydrogens (tertiary/aromatic N) is 2. The lowest BCUT2D eigenvalue weighted by molar-refractivity contribution is -0.132. The van der Waals surface area contributed by atoms with Gasteiger partial charge in [-0.2, -0.15) is 5.26 Å². The summed E-state index contributed by atoms with van der Waals surface area (Å²) in [6.45, 7) is 3.17. The lowest BCUT2D eigenvalue weighted by Crippen LogP contribution is -2.29. The van der Waals surface area contributed by atoms with Crippen LogP contribution in [0.1, 0.15) is 48.1 Å². The number of hydrogen-bond donors (Lipinski definition) is 1. The number of ketones is 1. The molecule has 5 rings (SSSR count). The highest BCUT2D eigenvalue weighted by atomic mass is 16.5. The summed E-state index contributed by atoms with van der Waals surface area (Å²) in [6, 6.07) is 20.1. The van der Waals surface area contributed by atoms with Crippen LogP contribution in [-0.4, -0.2) is 30.0 Å². The van der Waals surface area contributed by atoms with Crippen molar-refractivity contribution in [1.82, 2.24) is 0 Å². The van der Waals surface area contributed by atoms with E-state index in [4.69, 9.17) is 9.47 Å². The van der Waals surface area contributed by atoms with Gasteiger partial charge in [0.05, 0.1) is 36.5 Å². The summed E-state index contributed by atoms with van der Waals surface area (Å²) in [4.78, 5) is 28.2. The number of hydrogen-bond acceptors (Lipinski definition) is 6. The van der Waals surface area contributed by atoms with Gasteiger partial charge in [0.15, 0.2) is 0 Å². The second kappa shape index (κ2) is 10.2. The van der Waals surface area contributed by atoms with Crippen molar-refractivity contribution in [2.45, 2.75) is 32.2 Å². The molecule has 0 aliphatic carbocycles.